The number of carbonyl (C=O) groups is 1. The molecule has 116 valence electrons. The Hall–Kier alpha value is -2.32. The summed E-state index contributed by atoms with van der Waals surface area (Å²) < 4.78 is 5.67. The molecule has 0 atom stereocenters. The van der Waals surface area contributed by atoms with Crippen LogP contribution in [0.4, 0.5) is 5.88 Å². The molecule has 2 heterocycles. The van der Waals surface area contributed by atoms with Crippen molar-refractivity contribution in [3.8, 4) is 0 Å². The summed E-state index contributed by atoms with van der Waals surface area (Å²) in [4.78, 5) is 26.1. The van der Waals surface area contributed by atoms with Crippen molar-refractivity contribution in [1.29, 1.82) is 0 Å². The highest BCUT2D eigenvalue weighted by atomic mass is 32.2. The Kier molecular flexibility index (Phi) is 4.63. The molecular weight excluding hydrogens is 336 g/mol. The lowest BCUT2D eigenvalue weighted by atomic mass is 10.2. The summed E-state index contributed by atoms with van der Waals surface area (Å²) in [5.41, 5.74) is 1.38. The van der Waals surface area contributed by atoms with Gasteiger partial charge in [-0.2, -0.15) is 0 Å². The Morgan fingerprint density at radius 1 is 1.26 bits per heavy atom. The van der Waals surface area contributed by atoms with E-state index < -0.39 is 4.92 Å². The Bertz CT molecular complexity index is 812. The van der Waals surface area contributed by atoms with Gasteiger partial charge in [0.05, 0.1) is 6.07 Å². The molecule has 0 bridgehead atoms. The number of hydrogen-bond acceptors (Lipinski definition) is 7. The summed E-state index contributed by atoms with van der Waals surface area (Å²) >= 11 is 2.53. The van der Waals surface area contributed by atoms with Gasteiger partial charge in [-0.25, -0.2) is 4.99 Å². The number of hydrogen-bond donors (Lipinski definition) is 0. The molecule has 0 N–H and O–H groups in total. The molecule has 0 aliphatic carbocycles. The number of rotatable bonds is 4. The molecular formula is C15H10N2O4S2. The van der Waals surface area contributed by atoms with Crippen LogP contribution in [-0.4, -0.2) is 14.4 Å². The molecule has 0 unspecified atom stereocenters. The summed E-state index contributed by atoms with van der Waals surface area (Å²) in [6.45, 7) is 0. The van der Waals surface area contributed by atoms with Crippen molar-refractivity contribution in [2.24, 2.45) is 4.99 Å². The number of nitro groups is 1. The molecule has 0 spiro atoms. The van der Waals surface area contributed by atoms with E-state index in [2.05, 4.69) is 4.99 Å². The Balaban J connectivity index is 1.70. The summed E-state index contributed by atoms with van der Waals surface area (Å²) in [6, 6.07) is 12.6. The van der Waals surface area contributed by atoms with Gasteiger partial charge in [-0.1, -0.05) is 42.1 Å². The van der Waals surface area contributed by atoms with Crippen LogP contribution in [0.2, 0.25) is 0 Å². The highest BCUT2D eigenvalue weighted by molar-refractivity contribution is 8.45. The quantitative estimate of drug-likeness (QED) is 0.471. The minimum absolute atomic E-state index is 0.195. The first kappa shape index (κ1) is 15.6. The van der Waals surface area contributed by atoms with E-state index in [0.29, 0.717) is 4.38 Å². The van der Waals surface area contributed by atoms with E-state index >= 15 is 0 Å². The molecule has 0 saturated heterocycles. The van der Waals surface area contributed by atoms with Gasteiger partial charge in [0.15, 0.2) is 0 Å². The van der Waals surface area contributed by atoms with Crippen LogP contribution >= 0.6 is 23.5 Å². The molecule has 3 rings (SSSR count). The molecule has 0 radical (unpaired) electrons. The maximum atomic E-state index is 11.9. The van der Waals surface area contributed by atoms with Crippen molar-refractivity contribution in [2.45, 2.75) is 5.75 Å². The number of benzene rings is 1. The molecule has 2 aromatic rings. The Morgan fingerprint density at radius 2 is 2.04 bits per heavy atom. The topological polar surface area (TPSA) is 85.7 Å². The third-order valence-electron chi connectivity index (χ3n) is 2.88. The molecule has 0 fully saturated rings. The molecule has 1 aliphatic rings. The minimum Gasteiger partial charge on any atom is -0.401 e. The van der Waals surface area contributed by atoms with Gasteiger partial charge in [0, 0.05) is 11.8 Å². The van der Waals surface area contributed by atoms with E-state index in [0.717, 1.165) is 23.1 Å². The normalized spacial score (nSPS) is 15.9. The number of furan rings is 1. The average molecular weight is 346 g/mol. The van der Waals surface area contributed by atoms with Crippen LogP contribution in [-0.2, 0) is 10.5 Å². The number of aliphatic imine (C=N–C) groups is 1. The minimum atomic E-state index is -0.627. The molecule has 1 aromatic heterocycles. The van der Waals surface area contributed by atoms with E-state index in [1.807, 2.05) is 30.3 Å². The van der Waals surface area contributed by atoms with Crippen LogP contribution in [0.5, 0.6) is 0 Å². The highest BCUT2D eigenvalue weighted by Crippen LogP contribution is 2.33. The summed E-state index contributed by atoms with van der Waals surface area (Å²) in [6.07, 6.45) is 1.42. The second-order valence-electron chi connectivity index (χ2n) is 4.50. The molecule has 0 saturated carbocycles. The van der Waals surface area contributed by atoms with Crippen LogP contribution in [0, 0.1) is 10.1 Å². The lowest BCUT2D eigenvalue weighted by Crippen LogP contribution is -1.88. The van der Waals surface area contributed by atoms with Gasteiger partial charge in [-0.3, -0.25) is 14.9 Å². The Morgan fingerprint density at radius 3 is 2.74 bits per heavy atom. The van der Waals surface area contributed by atoms with Gasteiger partial charge in [-0.05, 0) is 23.4 Å². The number of thioether (sulfide) groups is 2. The van der Waals surface area contributed by atoms with Crippen molar-refractivity contribution >= 4 is 45.0 Å². The van der Waals surface area contributed by atoms with E-state index in [-0.39, 0.29) is 22.5 Å². The van der Waals surface area contributed by atoms with Gasteiger partial charge in [-0.15, -0.1) is 0 Å². The van der Waals surface area contributed by atoms with Crippen LogP contribution in [0.1, 0.15) is 11.3 Å². The van der Waals surface area contributed by atoms with Gasteiger partial charge in [0.2, 0.25) is 5.12 Å². The first-order valence-corrected chi connectivity index (χ1v) is 8.35. The molecule has 0 amide bonds. The van der Waals surface area contributed by atoms with E-state index in [4.69, 9.17) is 4.42 Å². The zero-order valence-corrected chi connectivity index (χ0v) is 13.3. The van der Waals surface area contributed by atoms with E-state index in [9.17, 15) is 14.9 Å². The smallest absolute Gasteiger partial charge is 0.401 e. The van der Waals surface area contributed by atoms with Gasteiger partial charge in [0.25, 0.3) is 0 Å². The molecule has 1 aromatic carbocycles. The van der Waals surface area contributed by atoms with Gasteiger partial charge in [0.1, 0.15) is 20.8 Å². The second kappa shape index (κ2) is 6.84. The van der Waals surface area contributed by atoms with Crippen molar-refractivity contribution in [3.63, 3.8) is 0 Å². The molecule has 8 heteroatoms. The highest BCUT2D eigenvalue weighted by Gasteiger charge is 2.23. The van der Waals surface area contributed by atoms with Crippen LogP contribution in [0.15, 0.2) is 57.6 Å². The van der Waals surface area contributed by atoms with Gasteiger partial charge >= 0.3 is 5.88 Å². The zero-order valence-electron chi connectivity index (χ0n) is 11.7. The fourth-order valence-electron chi connectivity index (χ4n) is 1.82. The van der Waals surface area contributed by atoms with Gasteiger partial charge < -0.3 is 4.42 Å². The third-order valence-corrected chi connectivity index (χ3v) is 4.96. The van der Waals surface area contributed by atoms with E-state index in [1.54, 1.807) is 0 Å². The lowest BCUT2D eigenvalue weighted by molar-refractivity contribution is -0.402. The van der Waals surface area contributed by atoms with Crippen LogP contribution in [0.3, 0.4) is 0 Å². The zero-order chi connectivity index (χ0) is 16.2. The van der Waals surface area contributed by atoms with E-state index in [1.165, 1.54) is 30.0 Å². The maximum Gasteiger partial charge on any atom is 0.433 e. The number of nitrogens with zero attached hydrogens (tertiary/aromatic N) is 2. The summed E-state index contributed by atoms with van der Waals surface area (Å²) in [5.74, 6) is 0.593. The molecule has 1 aliphatic heterocycles. The van der Waals surface area contributed by atoms with Crippen LogP contribution in [0.25, 0.3) is 6.08 Å². The van der Waals surface area contributed by atoms with Crippen LogP contribution < -0.4 is 0 Å². The Labute approximate surface area is 139 Å². The van der Waals surface area contributed by atoms with Crippen molar-refractivity contribution in [1.82, 2.24) is 0 Å². The maximum absolute atomic E-state index is 11.9. The van der Waals surface area contributed by atoms with Crippen molar-refractivity contribution in [3.05, 3.63) is 69.6 Å². The first-order chi connectivity index (χ1) is 11.1. The number of carbonyl (C=O) groups excluding carboxylic acids is 1. The summed E-state index contributed by atoms with van der Waals surface area (Å²) in [7, 11) is 0. The fourth-order valence-corrected chi connectivity index (χ4v) is 3.62. The monoisotopic (exact) mass is 346 g/mol. The second-order valence-corrected chi connectivity index (χ2v) is 6.69. The molecule has 23 heavy (non-hydrogen) atoms. The third kappa shape index (κ3) is 3.91. The fraction of sp³-hybridized carbons (Fsp3) is 0.0667. The lowest BCUT2D eigenvalue weighted by Gasteiger charge is -1.98. The SMILES string of the molecule is O=C1SC(SCc2ccccc2)=N/C1=C\c1ccc([N+](=O)[O-])o1. The predicted octanol–water partition coefficient (Wildman–Crippen LogP) is 4.09. The predicted molar refractivity (Wildman–Crippen MR) is 91.1 cm³/mol. The van der Waals surface area contributed by atoms with Crippen molar-refractivity contribution in [2.75, 3.05) is 0 Å². The largest absolute Gasteiger partial charge is 0.433 e. The summed E-state index contributed by atoms with van der Waals surface area (Å²) in [5, 5.41) is 10.4. The van der Waals surface area contributed by atoms with Crippen molar-refractivity contribution < 1.29 is 14.1 Å². The first-order valence-electron chi connectivity index (χ1n) is 6.55. The molecule has 6 nitrogen and oxygen atoms in total. The average Bonchev–Trinajstić information content (AvgIpc) is 3.14. The standard InChI is InChI=1S/C15H10N2O4S2/c18-14-12(8-11-6-7-13(21-11)17(19)20)16-15(23-14)22-9-10-4-2-1-3-5-10/h1-8H,9H2/b12-8-.